The molecule has 2 aromatic carbocycles. The Balaban J connectivity index is 1.71. The Morgan fingerprint density at radius 1 is 0.829 bits per heavy atom. The number of nitrogens with one attached hydrogen (secondary N) is 2. The van der Waals surface area contributed by atoms with Crippen LogP contribution in [0.5, 0.6) is 11.5 Å². The second kappa shape index (κ2) is 10.0. The van der Waals surface area contributed by atoms with Crippen molar-refractivity contribution < 1.29 is 40.7 Å². The highest BCUT2D eigenvalue weighted by atomic mass is 35.5. The summed E-state index contributed by atoms with van der Waals surface area (Å²) in [4.78, 5) is 28.0. The molecule has 0 aliphatic rings. The number of alkyl halides is 6. The quantitative estimate of drug-likeness (QED) is 0.345. The molecule has 1 aromatic heterocycles. The van der Waals surface area contributed by atoms with E-state index < -0.39 is 41.2 Å². The van der Waals surface area contributed by atoms with Crippen LogP contribution in [0.3, 0.4) is 0 Å². The number of imide groups is 1. The van der Waals surface area contributed by atoms with Gasteiger partial charge in [0.2, 0.25) is 0 Å². The van der Waals surface area contributed by atoms with E-state index in [-0.39, 0.29) is 33.2 Å². The minimum atomic E-state index is -5.04. The number of halogens is 8. The second-order valence-electron chi connectivity index (χ2n) is 6.73. The Morgan fingerprint density at radius 3 is 1.89 bits per heavy atom. The topological polar surface area (TPSA) is 80.3 Å². The molecule has 1 heterocycles. The molecular weight excluding hydrogens is 527 g/mol. The number of pyridine rings is 1. The third kappa shape index (κ3) is 6.76. The molecule has 0 saturated heterocycles. The molecule has 0 atom stereocenters. The van der Waals surface area contributed by atoms with E-state index in [0.717, 1.165) is 18.3 Å². The summed E-state index contributed by atoms with van der Waals surface area (Å²) in [5.74, 6) is -1.96. The molecule has 35 heavy (non-hydrogen) atoms. The van der Waals surface area contributed by atoms with Crippen molar-refractivity contribution in [2.24, 2.45) is 0 Å². The van der Waals surface area contributed by atoms with E-state index in [2.05, 4.69) is 10.3 Å². The van der Waals surface area contributed by atoms with Crippen molar-refractivity contribution in [1.29, 1.82) is 0 Å². The first-order chi connectivity index (χ1) is 16.2. The smallest absolute Gasteiger partial charge is 0.416 e. The van der Waals surface area contributed by atoms with Crippen LogP contribution in [0, 0.1) is 0 Å². The monoisotopic (exact) mass is 537 g/mol. The van der Waals surface area contributed by atoms with Gasteiger partial charge in [0.25, 0.3) is 5.91 Å². The van der Waals surface area contributed by atoms with Crippen molar-refractivity contribution in [3.63, 3.8) is 0 Å². The first-order valence-electron chi connectivity index (χ1n) is 9.24. The molecule has 0 saturated carbocycles. The molecule has 184 valence electrons. The third-order valence-corrected chi connectivity index (χ3v) is 4.82. The van der Waals surface area contributed by atoms with E-state index in [1.165, 1.54) is 18.2 Å². The Labute approximate surface area is 202 Å². The number of carbonyl (C=O) groups excluding carboxylic acids is 2. The number of urea groups is 1. The van der Waals surface area contributed by atoms with Crippen LogP contribution in [0.4, 0.5) is 37.0 Å². The zero-order valence-corrected chi connectivity index (χ0v) is 18.4. The Kier molecular flexibility index (Phi) is 7.46. The van der Waals surface area contributed by atoms with Crippen LogP contribution in [0.1, 0.15) is 21.5 Å². The molecule has 6 nitrogen and oxygen atoms in total. The summed E-state index contributed by atoms with van der Waals surface area (Å²) < 4.78 is 82.9. The molecule has 3 amide bonds. The normalized spacial score (nSPS) is 11.7. The van der Waals surface area contributed by atoms with Gasteiger partial charge < -0.3 is 4.74 Å². The fourth-order valence-electron chi connectivity index (χ4n) is 2.66. The van der Waals surface area contributed by atoms with Gasteiger partial charge in [0.15, 0.2) is 0 Å². The number of hydrogen-bond donors (Lipinski definition) is 2. The largest absolute Gasteiger partial charge is 0.456 e. The minimum Gasteiger partial charge on any atom is -0.456 e. The van der Waals surface area contributed by atoms with E-state index in [1.807, 2.05) is 5.32 Å². The third-order valence-electron chi connectivity index (χ3n) is 4.19. The Bertz CT molecular complexity index is 1210. The number of hydrogen-bond acceptors (Lipinski definition) is 4. The SMILES string of the molecule is O=C(NC(=O)c1c(Cl)cccc1Cl)Nc1ccc(Oc2cc(C(F)(F)F)cc(C(F)(F)F)c2)cn1. The number of ether oxygens (including phenoxy) is 1. The number of nitrogens with zero attached hydrogens (tertiary/aromatic N) is 1. The van der Waals surface area contributed by atoms with Gasteiger partial charge in [-0.05, 0) is 42.5 Å². The fraction of sp³-hybridized carbons (Fsp3) is 0.0952. The molecule has 0 radical (unpaired) electrons. The first-order valence-corrected chi connectivity index (χ1v) is 9.99. The summed E-state index contributed by atoms with van der Waals surface area (Å²) in [6.07, 6.45) is -9.13. The predicted molar refractivity (Wildman–Crippen MR) is 114 cm³/mol. The van der Waals surface area contributed by atoms with Crippen LogP contribution in [0.15, 0.2) is 54.7 Å². The maximum atomic E-state index is 13.0. The zero-order chi connectivity index (χ0) is 26.0. The number of rotatable bonds is 4. The molecule has 3 rings (SSSR count). The predicted octanol–water partition coefficient (Wildman–Crippen LogP) is 7.18. The van der Waals surface area contributed by atoms with Gasteiger partial charge in [-0.15, -0.1) is 0 Å². The van der Waals surface area contributed by atoms with Crippen molar-refractivity contribution in [1.82, 2.24) is 10.3 Å². The van der Waals surface area contributed by atoms with E-state index in [9.17, 15) is 35.9 Å². The van der Waals surface area contributed by atoms with Crippen molar-refractivity contribution in [2.45, 2.75) is 12.4 Å². The van der Waals surface area contributed by atoms with Gasteiger partial charge in [-0.25, -0.2) is 9.78 Å². The average molecular weight is 538 g/mol. The standard InChI is InChI=1S/C21H11Cl2F6N3O3/c22-14-2-1-3-15(23)17(14)18(33)32-19(34)31-16-5-4-12(9-30-16)35-13-7-10(20(24,25)26)6-11(8-13)21(27,28)29/h1-9H,(H2,30,31,32,33,34). The summed E-state index contributed by atoms with van der Waals surface area (Å²) in [6.45, 7) is 0. The highest BCUT2D eigenvalue weighted by molar-refractivity contribution is 6.40. The lowest BCUT2D eigenvalue weighted by molar-refractivity contribution is -0.143. The lowest BCUT2D eigenvalue weighted by Crippen LogP contribution is -2.34. The van der Waals surface area contributed by atoms with Gasteiger partial charge in [-0.1, -0.05) is 29.3 Å². The number of anilines is 1. The van der Waals surface area contributed by atoms with E-state index in [4.69, 9.17) is 27.9 Å². The molecule has 2 N–H and O–H groups in total. The lowest BCUT2D eigenvalue weighted by atomic mass is 10.1. The summed E-state index contributed by atoms with van der Waals surface area (Å²) in [6, 6.07) is 6.31. The molecule has 14 heteroatoms. The molecule has 0 aliphatic carbocycles. The summed E-state index contributed by atoms with van der Waals surface area (Å²) in [5.41, 5.74) is -3.23. The van der Waals surface area contributed by atoms with Crippen molar-refractivity contribution in [3.8, 4) is 11.5 Å². The Morgan fingerprint density at radius 2 is 1.40 bits per heavy atom. The van der Waals surface area contributed by atoms with E-state index in [1.54, 1.807) is 0 Å². The summed E-state index contributed by atoms with van der Waals surface area (Å²) in [5, 5.41) is 4.20. The van der Waals surface area contributed by atoms with Crippen LogP contribution in [0.2, 0.25) is 10.0 Å². The van der Waals surface area contributed by atoms with Crippen LogP contribution in [-0.4, -0.2) is 16.9 Å². The first kappa shape index (κ1) is 26.1. The van der Waals surface area contributed by atoms with Gasteiger partial charge in [0.05, 0.1) is 32.9 Å². The number of aromatic nitrogens is 1. The van der Waals surface area contributed by atoms with Gasteiger partial charge in [0, 0.05) is 0 Å². The molecule has 0 fully saturated rings. The molecule has 0 bridgehead atoms. The number of carbonyl (C=O) groups is 2. The highest BCUT2D eigenvalue weighted by Gasteiger charge is 2.37. The van der Waals surface area contributed by atoms with Gasteiger partial charge >= 0.3 is 18.4 Å². The van der Waals surface area contributed by atoms with Crippen molar-refractivity contribution in [2.75, 3.05) is 5.32 Å². The maximum absolute atomic E-state index is 13.0. The lowest BCUT2D eigenvalue weighted by Gasteiger charge is -2.14. The molecule has 0 unspecified atom stereocenters. The zero-order valence-electron chi connectivity index (χ0n) is 16.9. The van der Waals surface area contributed by atoms with Crippen molar-refractivity contribution in [3.05, 3.63) is 81.5 Å². The van der Waals surface area contributed by atoms with Gasteiger partial charge in [-0.2, -0.15) is 26.3 Å². The fourth-order valence-corrected chi connectivity index (χ4v) is 3.23. The van der Waals surface area contributed by atoms with Crippen LogP contribution in [-0.2, 0) is 12.4 Å². The number of benzene rings is 2. The van der Waals surface area contributed by atoms with Crippen LogP contribution >= 0.6 is 23.2 Å². The molecule has 0 spiro atoms. The molecule has 0 aliphatic heterocycles. The summed E-state index contributed by atoms with van der Waals surface area (Å²) in [7, 11) is 0. The molecular formula is C21H11Cl2F6N3O3. The number of amides is 3. The van der Waals surface area contributed by atoms with Gasteiger partial charge in [-0.3, -0.25) is 15.4 Å². The summed E-state index contributed by atoms with van der Waals surface area (Å²) >= 11 is 11.8. The average Bonchev–Trinajstić information content (AvgIpc) is 2.73. The van der Waals surface area contributed by atoms with E-state index in [0.29, 0.717) is 12.1 Å². The maximum Gasteiger partial charge on any atom is 0.416 e. The highest BCUT2D eigenvalue weighted by Crippen LogP contribution is 2.39. The van der Waals surface area contributed by atoms with Crippen LogP contribution in [0.25, 0.3) is 0 Å². The van der Waals surface area contributed by atoms with E-state index >= 15 is 0 Å². The minimum absolute atomic E-state index is 0.00528. The molecule has 3 aromatic rings. The van der Waals surface area contributed by atoms with Gasteiger partial charge in [0.1, 0.15) is 17.3 Å². The van der Waals surface area contributed by atoms with Crippen LogP contribution < -0.4 is 15.4 Å². The Hall–Kier alpha value is -3.51. The second-order valence-corrected chi connectivity index (χ2v) is 7.54. The van der Waals surface area contributed by atoms with Crippen molar-refractivity contribution >= 4 is 41.0 Å².